The number of carbonyl (C=O) groups is 2. The number of nitrogens with zero attached hydrogens (tertiary/aromatic N) is 1. The average molecular weight is 437 g/mol. The van der Waals surface area contributed by atoms with Gasteiger partial charge in [0, 0.05) is 23.0 Å². The summed E-state index contributed by atoms with van der Waals surface area (Å²) in [6, 6.07) is 14.6. The first-order chi connectivity index (χ1) is 14.6. The summed E-state index contributed by atoms with van der Waals surface area (Å²) in [6.07, 6.45) is 7.45. The molecular formula is C25H25ClN2O3. The number of anilines is 1. The zero-order valence-electron chi connectivity index (χ0n) is 18.0. The molecule has 1 unspecified atom stereocenters. The molecule has 1 amide bonds. The van der Waals surface area contributed by atoms with Crippen molar-refractivity contribution in [2.75, 3.05) is 5.32 Å². The number of amides is 1. The molecule has 1 aromatic heterocycles. The van der Waals surface area contributed by atoms with E-state index in [0.717, 1.165) is 16.5 Å². The minimum Gasteiger partial charge on any atom is -0.444 e. The molecular weight excluding hydrogens is 412 g/mol. The van der Waals surface area contributed by atoms with Crippen molar-refractivity contribution in [1.82, 2.24) is 4.57 Å². The maximum absolute atomic E-state index is 12.3. The number of carbonyl (C=O) groups excluding carboxylic acids is 2. The normalized spacial score (nSPS) is 13.3. The van der Waals surface area contributed by atoms with Gasteiger partial charge in [0.15, 0.2) is 0 Å². The SMILES string of the molecule is C#CC(CC(C)=O)(c1ccc(Cl)cc1)n1ccc2c(NC(=O)OC(C)(C)C)cccc21. The summed E-state index contributed by atoms with van der Waals surface area (Å²) in [5.74, 6) is 2.81. The topological polar surface area (TPSA) is 60.3 Å². The molecule has 3 rings (SSSR count). The molecule has 2 aromatic carbocycles. The Morgan fingerprint density at radius 1 is 1.13 bits per heavy atom. The van der Waals surface area contributed by atoms with E-state index in [4.69, 9.17) is 22.8 Å². The van der Waals surface area contributed by atoms with Gasteiger partial charge in [0.25, 0.3) is 0 Å². The van der Waals surface area contributed by atoms with Gasteiger partial charge in [-0.05, 0) is 63.6 Å². The van der Waals surface area contributed by atoms with Crippen LogP contribution in [0, 0.1) is 12.3 Å². The highest BCUT2D eigenvalue weighted by Gasteiger charge is 2.35. The van der Waals surface area contributed by atoms with Gasteiger partial charge < -0.3 is 9.30 Å². The van der Waals surface area contributed by atoms with Crippen LogP contribution in [0.4, 0.5) is 10.5 Å². The third kappa shape index (κ3) is 4.76. The number of terminal acetylenes is 1. The van der Waals surface area contributed by atoms with E-state index in [2.05, 4.69) is 11.2 Å². The zero-order valence-corrected chi connectivity index (χ0v) is 18.8. The van der Waals surface area contributed by atoms with Crippen LogP contribution in [-0.4, -0.2) is 22.0 Å². The van der Waals surface area contributed by atoms with Gasteiger partial charge in [-0.1, -0.05) is 35.7 Å². The lowest BCUT2D eigenvalue weighted by atomic mass is 9.85. The Hall–Kier alpha value is -3.23. The van der Waals surface area contributed by atoms with Gasteiger partial charge in [0.2, 0.25) is 0 Å². The summed E-state index contributed by atoms with van der Waals surface area (Å²) in [5.41, 5.74) is 0.497. The van der Waals surface area contributed by atoms with Crippen molar-refractivity contribution in [3.63, 3.8) is 0 Å². The van der Waals surface area contributed by atoms with Gasteiger partial charge in [-0.25, -0.2) is 4.79 Å². The quantitative estimate of drug-likeness (QED) is 0.499. The Kier molecular flexibility index (Phi) is 6.15. The van der Waals surface area contributed by atoms with E-state index < -0.39 is 17.2 Å². The lowest BCUT2D eigenvalue weighted by Crippen LogP contribution is -2.35. The molecule has 0 bridgehead atoms. The van der Waals surface area contributed by atoms with Crippen LogP contribution < -0.4 is 5.32 Å². The molecule has 0 aliphatic rings. The van der Waals surface area contributed by atoms with Crippen molar-refractivity contribution in [1.29, 1.82) is 0 Å². The number of benzene rings is 2. The average Bonchev–Trinajstić information content (AvgIpc) is 3.11. The molecule has 0 radical (unpaired) electrons. The van der Waals surface area contributed by atoms with Crippen molar-refractivity contribution in [2.45, 2.75) is 45.3 Å². The molecule has 6 heteroatoms. The number of fused-ring (bicyclic) bond motifs is 1. The fourth-order valence-electron chi connectivity index (χ4n) is 3.64. The third-order valence-electron chi connectivity index (χ3n) is 4.85. The van der Waals surface area contributed by atoms with E-state index in [9.17, 15) is 9.59 Å². The number of hydrogen-bond donors (Lipinski definition) is 1. The minimum atomic E-state index is -1.04. The van der Waals surface area contributed by atoms with Crippen LogP contribution in [0.5, 0.6) is 0 Å². The van der Waals surface area contributed by atoms with Crippen molar-refractivity contribution >= 4 is 40.1 Å². The van der Waals surface area contributed by atoms with Crippen molar-refractivity contribution in [3.8, 4) is 12.3 Å². The van der Waals surface area contributed by atoms with E-state index in [-0.39, 0.29) is 12.2 Å². The summed E-state index contributed by atoms with van der Waals surface area (Å²) in [6.45, 7) is 6.93. The minimum absolute atomic E-state index is 0.0437. The second-order valence-electron chi connectivity index (χ2n) is 8.44. The van der Waals surface area contributed by atoms with Gasteiger partial charge >= 0.3 is 6.09 Å². The molecule has 3 aromatic rings. The molecule has 160 valence electrons. The highest BCUT2D eigenvalue weighted by Crippen LogP contribution is 2.36. The van der Waals surface area contributed by atoms with Crippen LogP contribution >= 0.6 is 11.6 Å². The molecule has 0 spiro atoms. The standard InChI is InChI=1S/C25H25ClN2O3/c1-6-25(16-17(2)29,18-10-12-19(26)13-11-18)28-15-14-20-21(8-7-9-22(20)28)27-23(30)31-24(3,4)5/h1,7-15H,16H2,2-5H3,(H,27,30). The molecule has 1 atom stereocenters. The molecule has 31 heavy (non-hydrogen) atoms. The first kappa shape index (κ1) is 22.5. The zero-order chi connectivity index (χ0) is 22.8. The molecule has 0 saturated heterocycles. The smallest absolute Gasteiger partial charge is 0.412 e. The van der Waals surface area contributed by atoms with Crippen molar-refractivity contribution in [3.05, 3.63) is 65.3 Å². The largest absolute Gasteiger partial charge is 0.444 e. The monoisotopic (exact) mass is 436 g/mol. The summed E-state index contributed by atoms with van der Waals surface area (Å²) in [7, 11) is 0. The number of hydrogen-bond acceptors (Lipinski definition) is 3. The molecule has 5 nitrogen and oxygen atoms in total. The molecule has 1 N–H and O–H groups in total. The Balaban J connectivity index is 2.13. The van der Waals surface area contributed by atoms with E-state index >= 15 is 0 Å². The maximum Gasteiger partial charge on any atom is 0.412 e. The Labute approximate surface area is 187 Å². The number of nitrogens with one attached hydrogen (secondary N) is 1. The van der Waals surface area contributed by atoms with Gasteiger partial charge in [-0.3, -0.25) is 10.1 Å². The van der Waals surface area contributed by atoms with Crippen molar-refractivity contribution < 1.29 is 14.3 Å². The van der Waals surface area contributed by atoms with Crippen molar-refractivity contribution in [2.24, 2.45) is 0 Å². The van der Waals surface area contributed by atoms with Gasteiger partial charge in [-0.2, -0.15) is 0 Å². The van der Waals surface area contributed by atoms with E-state index in [1.807, 2.05) is 41.1 Å². The Bertz CT molecular complexity index is 1170. The van der Waals surface area contributed by atoms with E-state index in [1.165, 1.54) is 6.92 Å². The van der Waals surface area contributed by atoms with Gasteiger partial charge in [0.05, 0.1) is 11.2 Å². The van der Waals surface area contributed by atoms with Crippen LogP contribution in [0.2, 0.25) is 5.02 Å². The highest BCUT2D eigenvalue weighted by molar-refractivity contribution is 6.30. The van der Waals surface area contributed by atoms with Crippen LogP contribution in [0.1, 0.15) is 39.7 Å². The number of ether oxygens (including phenoxy) is 1. The number of aromatic nitrogens is 1. The first-order valence-corrected chi connectivity index (χ1v) is 10.3. The fraction of sp³-hybridized carbons (Fsp3) is 0.280. The summed E-state index contributed by atoms with van der Waals surface area (Å²) >= 11 is 6.07. The Morgan fingerprint density at radius 2 is 1.81 bits per heavy atom. The first-order valence-electron chi connectivity index (χ1n) is 9.89. The fourth-order valence-corrected chi connectivity index (χ4v) is 3.77. The van der Waals surface area contributed by atoms with Crippen LogP contribution in [0.15, 0.2) is 54.7 Å². The predicted molar refractivity (Wildman–Crippen MR) is 124 cm³/mol. The summed E-state index contributed by atoms with van der Waals surface area (Å²) in [4.78, 5) is 24.5. The predicted octanol–water partition coefficient (Wildman–Crippen LogP) is 6.00. The second-order valence-corrected chi connectivity index (χ2v) is 8.88. The van der Waals surface area contributed by atoms with Crippen LogP contribution in [0.25, 0.3) is 10.9 Å². The van der Waals surface area contributed by atoms with Gasteiger partial charge in [-0.15, -0.1) is 6.42 Å². The third-order valence-corrected chi connectivity index (χ3v) is 5.10. The number of ketones is 1. The van der Waals surface area contributed by atoms with E-state index in [1.54, 1.807) is 39.0 Å². The van der Waals surface area contributed by atoms with Gasteiger partial charge in [0.1, 0.15) is 16.9 Å². The summed E-state index contributed by atoms with van der Waals surface area (Å²) in [5, 5.41) is 4.17. The lowest BCUT2D eigenvalue weighted by Gasteiger charge is -2.31. The molecule has 1 heterocycles. The molecule has 0 fully saturated rings. The number of halogens is 1. The highest BCUT2D eigenvalue weighted by atomic mass is 35.5. The maximum atomic E-state index is 12.3. The lowest BCUT2D eigenvalue weighted by molar-refractivity contribution is -0.118. The molecule has 0 saturated carbocycles. The molecule has 0 aliphatic heterocycles. The number of Topliss-reactive ketones (excluding diaryl/α,β-unsaturated/α-hetero) is 1. The second kappa shape index (κ2) is 8.49. The van der Waals surface area contributed by atoms with Crippen LogP contribution in [0.3, 0.4) is 0 Å². The summed E-state index contributed by atoms with van der Waals surface area (Å²) < 4.78 is 7.27. The molecule has 0 aliphatic carbocycles. The Morgan fingerprint density at radius 3 is 2.39 bits per heavy atom. The number of rotatable bonds is 5. The van der Waals surface area contributed by atoms with E-state index in [0.29, 0.717) is 10.7 Å². The van der Waals surface area contributed by atoms with Crippen LogP contribution in [-0.2, 0) is 15.1 Å².